The number of benzene rings is 1. The van der Waals surface area contributed by atoms with E-state index in [0.29, 0.717) is 28.6 Å². The van der Waals surface area contributed by atoms with E-state index in [4.69, 9.17) is 0 Å². The molecule has 1 aliphatic rings. The summed E-state index contributed by atoms with van der Waals surface area (Å²) in [6.45, 7) is 17.8. The lowest BCUT2D eigenvalue weighted by Gasteiger charge is -2.40. The monoisotopic (exact) mass is 548 g/mol. The van der Waals surface area contributed by atoms with Gasteiger partial charge in [0.2, 0.25) is 5.95 Å². The second-order valence-corrected chi connectivity index (χ2v) is 11.1. The number of rotatable bonds is 8. The van der Waals surface area contributed by atoms with E-state index in [1.165, 1.54) is 6.07 Å². The van der Waals surface area contributed by atoms with E-state index in [2.05, 4.69) is 61.9 Å². The molecule has 0 radical (unpaired) electrons. The maximum absolute atomic E-state index is 15.0. The molecule has 10 heteroatoms. The lowest BCUT2D eigenvalue weighted by Crippen LogP contribution is -2.48. The molecule has 4 heterocycles. The maximum Gasteiger partial charge on any atom is 0.229 e. The molecular formula is C30H38F2N8. The maximum atomic E-state index is 15.0. The van der Waals surface area contributed by atoms with Gasteiger partial charge >= 0.3 is 0 Å². The van der Waals surface area contributed by atoms with E-state index in [0.717, 1.165) is 44.5 Å². The van der Waals surface area contributed by atoms with Crippen LogP contribution in [0.15, 0.2) is 36.7 Å². The molecule has 4 aromatic rings. The Morgan fingerprint density at radius 1 is 0.925 bits per heavy atom. The topological polar surface area (TPSA) is 75.0 Å². The molecule has 0 amide bonds. The average molecular weight is 549 g/mol. The zero-order valence-electron chi connectivity index (χ0n) is 24.1. The van der Waals surface area contributed by atoms with Crippen LogP contribution in [-0.4, -0.2) is 67.0 Å². The normalized spacial score (nSPS) is 15.8. The van der Waals surface area contributed by atoms with Crippen LogP contribution in [0.2, 0.25) is 0 Å². The Morgan fingerprint density at radius 2 is 1.68 bits per heavy atom. The second-order valence-electron chi connectivity index (χ2n) is 11.1. The van der Waals surface area contributed by atoms with Gasteiger partial charge in [0.25, 0.3) is 0 Å². The number of anilines is 2. The quantitative estimate of drug-likeness (QED) is 0.284. The van der Waals surface area contributed by atoms with Crippen LogP contribution in [0.25, 0.3) is 22.3 Å². The van der Waals surface area contributed by atoms with Crippen LogP contribution >= 0.6 is 0 Å². The van der Waals surface area contributed by atoms with E-state index in [1.807, 2.05) is 37.6 Å². The molecule has 212 valence electrons. The molecule has 0 aliphatic carbocycles. The van der Waals surface area contributed by atoms with Crippen molar-refractivity contribution in [1.82, 2.24) is 34.3 Å². The van der Waals surface area contributed by atoms with E-state index < -0.39 is 11.6 Å². The smallest absolute Gasteiger partial charge is 0.229 e. The molecule has 1 aromatic carbocycles. The van der Waals surface area contributed by atoms with Crippen molar-refractivity contribution in [3.63, 3.8) is 0 Å². The molecule has 1 fully saturated rings. The first-order valence-corrected chi connectivity index (χ1v) is 14.1. The van der Waals surface area contributed by atoms with Crippen LogP contribution in [0.1, 0.15) is 58.1 Å². The lowest BCUT2D eigenvalue weighted by atomic mass is 9.95. The van der Waals surface area contributed by atoms with Crippen molar-refractivity contribution < 1.29 is 8.78 Å². The summed E-state index contributed by atoms with van der Waals surface area (Å²) in [6.07, 6.45) is 2.99. The predicted molar refractivity (Wildman–Crippen MR) is 155 cm³/mol. The Morgan fingerprint density at radius 3 is 2.30 bits per heavy atom. The number of likely N-dealkylation sites (N-methyl/N-ethyl adjacent to an activating group) is 1. The fraction of sp³-hybridized carbons (Fsp3) is 0.467. The van der Waals surface area contributed by atoms with Gasteiger partial charge < -0.3 is 14.8 Å². The zero-order valence-corrected chi connectivity index (χ0v) is 24.1. The minimum Gasteiger partial charge on any atom is -0.326 e. The van der Waals surface area contributed by atoms with Crippen LogP contribution < -0.4 is 5.32 Å². The number of fused-ring (bicyclic) bond motifs is 1. The van der Waals surface area contributed by atoms with Gasteiger partial charge in [-0.3, -0.25) is 4.90 Å². The number of hydrogen-bond donors (Lipinski definition) is 1. The molecule has 0 spiro atoms. The SMILES string of the molecule is CCN1CCN([C@H](c2ccc(Nc3ncc(F)c(-c4cc(F)c5nc(C)n(C(C)C)c5c4)n3)nc2)C(C)C)CC1. The van der Waals surface area contributed by atoms with Gasteiger partial charge in [-0.1, -0.05) is 26.8 Å². The van der Waals surface area contributed by atoms with Gasteiger partial charge in [-0.2, -0.15) is 0 Å². The molecule has 3 aromatic heterocycles. The molecule has 1 aliphatic heterocycles. The van der Waals surface area contributed by atoms with Gasteiger partial charge in [0.15, 0.2) is 11.6 Å². The highest BCUT2D eigenvalue weighted by molar-refractivity contribution is 5.83. The van der Waals surface area contributed by atoms with Crippen LogP contribution in [0.5, 0.6) is 0 Å². The summed E-state index contributed by atoms with van der Waals surface area (Å²) in [7, 11) is 0. The van der Waals surface area contributed by atoms with Crippen LogP contribution in [0.3, 0.4) is 0 Å². The molecule has 8 nitrogen and oxygen atoms in total. The Bertz CT molecular complexity index is 1470. The molecule has 1 saturated heterocycles. The van der Waals surface area contributed by atoms with Gasteiger partial charge in [-0.25, -0.2) is 28.7 Å². The molecule has 0 saturated carbocycles. The number of imidazole rings is 1. The Kier molecular flexibility index (Phi) is 8.09. The third kappa shape index (κ3) is 5.55. The molecular weight excluding hydrogens is 510 g/mol. The number of pyridine rings is 1. The van der Waals surface area contributed by atoms with E-state index in [1.54, 1.807) is 6.07 Å². The first kappa shape index (κ1) is 28.0. The first-order valence-electron chi connectivity index (χ1n) is 14.1. The molecule has 0 unspecified atom stereocenters. The minimum absolute atomic E-state index is 0.00942. The predicted octanol–water partition coefficient (Wildman–Crippen LogP) is 6.13. The third-order valence-corrected chi connectivity index (χ3v) is 7.71. The minimum atomic E-state index is -0.636. The average Bonchev–Trinajstić information content (AvgIpc) is 3.27. The lowest BCUT2D eigenvalue weighted by molar-refractivity contribution is 0.0784. The van der Waals surface area contributed by atoms with Crippen molar-refractivity contribution in [1.29, 1.82) is 0 Å². The van der Waals surface area contributed by atoms with Gasteiger partial charge in [0.05, 0.1) is 11.7 Å². The van der Waals surface area contributed by atoms with E-state index >= 15 is 4.39 Å². The molecule has 1 atom stereocenters. The molecule has 40 heavy (non-hydrogen) atoms. The fourth-order valence-electron chi connectivity index (χ4n) is 5.83. The van der Waals surface area contributed by atoms with Crippen LogP contribution in [-0.2, 0) is 0 Å². The number of halogens is 2. The van der Waals surface area contributed by atoms with Crippen LogP contribution in [0.4, 0.5) is 20.5 Å². The number of nitrogens with one attached hydrogen (secondary N) is 1. The highest BCUT2D eigenvalue weighted by Gasteiger charge is 2.27. The van der Waals surface area contributed by atoms with Crippen molar-refractivity contribution >= 4 is 22.8 Å². The first-order chi connectivity index (χ1) is 19.2. The summed E-state index contributed by atoms with van der Waals surface area (Å²) >= 11 is 0. The highest BCUT2D eigenvalue weighted by atomic mass is 19.1. The van der Waals surface area contributed by atoms with Crippen molar-refractivity contribution in [3.8, 4) is 11.3 Å². The van der Waals surface area contributed by atoms with Gasteiger partial charge in [0, 0.05) is 50.0 Å². The Balaban J connectivity index is 1.39. The van der Waals surface area contributed by atoms with Crippen LogP contribution in [0, 0.1) is 24.5 Å². The third-order valence-electron chi connectivity index (χ3n) is 7.71. The summed E-state index contributed by atoms with van der Waals surface area (Å²) in [5.41, 5.74) is 2.35. The summed E-state index contributed by atoms with van der Waals surface area (Å²) in [6, 6.07) is 7.32. The number of hydrogen-bond acceptors (Lipinski definition) is 7. The number of aromatic nitrogens is 5. The summed E-state index contributed by atoms with van der Waals surface area (Å²) in [5, 5.41) is 3.08. The number of aryl methyl sites for hydroxylation is 1. The summed E-state index contributed by atoms with van der Waals surface area (Å²) in [5.74, 6) is 0.712. The van der Waals surface area contributed by atoms with Crippen molar-refractivity contribution in [2.24, 2.45) is 5.92 Å². The number of nitrogens with zero attached hydrogens (tertiary/aromatic N) is 7. The van der Waals surface area contributed by atoms with Crippen molar-refractivity contribution in [3.05, 3.63) is 59.7 Å². The fourth-order valence-corrected chi connectivity index (χ4v) is 5.83. The standard InChI is InChI=1S/C30H38F2N8/c1-7-38-10-12-39(13-11-38)29(18(2)3)21-8-9-26(33-16-21)36-30-34-17-24(32)27(37-30)22-14-23(31)28-25(15-22)40(19(4)5)20(6)35-28/h8-9,14-19,29H,7,10-13H2,1-6H3,(H,33,34,36,37)/t29-/m0/s1. The molecule has 1 N–H and O–H groups in total. The number of piperazine rings is 1. The highest BCUT2D eigenvalue weighted by Crippen LogP contribution is 2.32. The van der Waals surface area contributed by atoms with Gasteiger partial charge in [0.1, 0.15) is 22.9 Å². The van der Waals surface area contributed by atoms with Crippen molar-refractivity contribution in [2.75, 3.05) is 38.0 Å². The largest absolute Gasteiger partial charge is 0.326 e. The summed E-state index contributed by atoms with van der Waals surface area (Å²) < 4.78 is 31.9. The van der Waals surface area contributed by atoms with Crippen molar-refractivity contribution in [2.45, 2.75) is 53.6 Å². The second kappa shape index (κ2) is 11.5. The molecule has 0 bridgehead atoms. The van der Waals surface area contributed by atoms with Gasteiger partial charge in [-0.05, 0) is 57.0 Å². The molecule has 5 rings (SSSR count). The van der Waals surface area contributed by atoms with Gasteiger partial charge in [-0.15, -0.1) is 0 Å². The summed E-state index contributed by atoms with van der Waals surface area (Å²) in [4.78, 5) is 22.5. The zero-order chi connectivity index (χ0) is 28.6. The Labute approximate surface area is 234 Å². The van der Waals surface area contributed by atoms with E-state index in [9.17, 15) is 4.39 Å². The van der Waals surface area contributed by atoms with E-state index in [-0.39, 0.29) is 29.2 Å². The Hall–Kier alpha value is -3.50.